The van der Waals surface area contributed by atoms with E-state index in [4.69, 9.17) is 14.9 Å². The van der Waals surface area contributed by atoms with E-state index < -0.39 is 7.92 Å². The van der Waals surface area contributed by atoms with Crippen molar-refractivity contribution in [1.82, 2.24) is 4.90 Å². The number of carbonyl (C=O) groups excluding carboxylic acids is 2. The molecular formula is C21H37MnN2O2P-2. The van der Waals surface area contributed by atoms with Crippen LogP contribution in [0.15, 0.2) is 35.4 Å². The maximum absolute atomic E-state index is 7.75. The minimum atomic E-state index is -0.684. The molecule has 1 aliphatic heterocycles. The molecule has 1 radical (unpaired) electrons. The summed E-state index contributed by atoms with van der Waals surface area (Å²) in [7, 11) is -0.684. The van der Waals surface area contributed by atoms with E-state index in [2.05, 4.69) is 97.9 Å². The van der Waals surface area contributed by atoms with Crippen LogP contribution in [0.4, 0.5) is 0 Å². The van der Waals surface area contributed by atoms with Gasteiger partial charge < -0.3 is 19.8 Å². The van der Waals surface area contributed by atoms with Crippen LogP contribution in [0.1, 0.15) is 55.4 Å². The van der Waals surface area contributed by atoms with Crippen LogP contribution < -0.4 is 0 Å². The van der Waals surface area contributed by atoms with Crippen LogP contribution in [0.25, 0.3) is 5.32 Å². The molecule has 0 saturated carbocycles. The number of hydrogen-bond acceptors (Lipinski definition) is 3. The summed E-state index contributed by atoms with van der Waals surface area (Å²) < 4.78 is 0. The van der Waals surface area contributed by atoms with Gasteiger partial charge in [0.1, 0.15) is 0 Å². The van der Waals surface area contributed by atoms with Gasteiger partial charge in [-0.25, -0.2) is 0 Å². The Kier molecular flexibility index (Phi) is 17.5. The Morgan fingerprint density at radius 1 is 1.00 bits per heavy atom. The Morgan fingerprint density at radius 3 is 1.81 bits per heavy atom. The normalized spacial score (nSPS) is 15.0. The predicted molar refractivity (Wildman–Crippen MR) is 118 cm³/mol. The van der Waals surface area contributed by atoms with Gasteiger partial charge in [-0.2, -0.15) is 0 Å². The van der Waals surface area contributed by atoms with Gasteiger partial charge in [0.05, 0.1) is 10.3 Å². The van der Waals surface area contributed by atoms with Crippen molar-refractivity contribution in [2.45, 2.75) is 65.7 Å². The summed E-state index contributed by atoms with van der Waals surface area (Å²) in [5.41, 5.74) is 2.34. The van der Waals surface area contributed by atoms with E-state index in [0.717, 1.165) is 25.3 Å². The molecular weight excluding hydrogens is 398 g/mol. The standard InChI is InChI=1S/C19H34N2P.2CHO.Mn/c1-9-21(10-2)14-16-12-11-13-17(20-16)15-22(18(3,4)5)19(6,7)8;2*1-2;/h11-13,15H,9-10,14H2,1-8H3;2*1H;/q3*-1;/p+1/b17-15-;;;. The van der Waals surface area contributed by atoms with Crippen molar-refractivity contribution in [2.24, 2.45) is 0 Å². The molecule has 4 nitrogen and oxygen atoms in total. The Hall–Kier alpha value is -0.731. The van der Waals surface area contributed by atoms with Gasteiger partial charge in [-0.15, -0.1) is 11.4 Å². The fraction of sp³-hybridized carbons (Fsp3) is 0.619. The fourth-order valence-corrected chi connectivity index (χ4v) is 6.62. The second-order valence-electron chi connectivity index (χ2n) is 8.07. The maximum Gasteiger partial charge on any atom is 0.0738 e. The van der Waals surface area contributed by atoms with Crippen molar-refractivity contribution >= 4 is 21.5 Å². The third-order valence-corrected chi connectivity index (χ3v) is 7.83. The minimum absolute atomic E-state index is 0. The van der Waals surface area contributed by atoms with Crippen molar-refractivity contribution in [1.29, 1.82) is 0 Å². The number of nitrogens with zero attached hydrogens (tertiary/aromatic N) is 2. The molecule has 0 fully saturated rings. The second-order valence-corrected chi connectivity index (χ2v) is 12.2. The smallest absolute Gasteiger partial charge is 0.0738 e. The van der Waals surface area contributed by atoms with Gasteiger partial charge in [0.15, 0.2) is 0 Å². The molecule has 0 amide bonds. The molecule has 1 heterocycles. The molecule has 157 valence electrons. The zero-order valence-electron chi connectivity index (χ0n) is 18.2. The molecule has 1 rings (SSSR count). The Labute approximate surface area is 179 Å². The van der Waals surface area contributed by atoms with Gasteiger partial charge in [-0.05, 0) is 54.6 Å². The number of hydrogen-bond donors (Lipinski definition) is 0. The quantitative estimate of drug-likeness (QED) is 0.256. The number of rotatable bonds is 5. The molecule has 0 unspecified atom stereocenters. The molecule has 0 bridgehead atoms. The monoisotopic (exact) mass is 435 g/mol. The summed E-state index contributed by atoms with van der Waals surface area (Å²) in [6, 6.07) is 0. The van der Waals surface area contributed by atoms with E-state index >= 15 is 0 Å². The van der Waals surface area contributed by atoms with E-state index in [1.165, 1.54) is 5.70 Å². The fourth-order valence-electron chi connectivity index (χ4n) is 3.05. The van der Waals surface area contributed by atoms with Crippen LogP contribution in [0, 0.1) is 0 Å². The first-order valence-corrected chi connectivity index (χ1v) is 10.5. The average Bonchev–Trinajstić information content (AvgIpc) is 2.59. The largest absolute Gasteiger partial charge is 0.658 e. The molecule has 0 saturated heterocycles. The van der Waals surface area contributed by atoms with Gasteiger partial charge in [0.2, 0.25) is 0 Å². The van der Waals surface area contributed by atoms with Crippen LogP contribution in [0.2, 0.25) is 0 Å². The van der Waals surface area contributed by atoms with Crippen molar-refractivity contribution < 1.29 is 26.7 Å². The summed E-state index contributed by atoms with van der Waals surface area (Å²) in [6.45, 7) is 28.2. The average molecular weight is 435 g/mol. The van der Waals surface area contributed by atoms with Crippen LogP contribution >= 0.6 is 7.92 Å². The number of likely N-dealkylation sites (N-methyl/N-ethyl adjacent to an activating group) is 1. The molecule has 0 spiro atoms. The number of allylic oxidation sites excluding steroid dienone is 3. The van der Waals surface area contributed by atoms with Gasteiger partial charge in [-0.1, -0.05) is 32.1 Å². The molecule has 0 aliphatic carbocycles. The van der Waals surface area contributed by atoms with Crippen molar-refractivity contribution in [2.75, 3.05) is 19.6 Å². The van der Waals surface area contributed by atoms with Crippen molar-refractivity contribution in [3.05, 3.63) is 40.8 Å². The van der Waals surface area contributed by atoms with E-state index in [1.807, 2.05) is 0 Å². The van der Waals surface area contributed by atoms with Crippen LogP contribution in [-0.2, 0) is 26.7 Å². The van der Waals surface area contributed by atoms with Crippen LogP contribution in [0.5, 0.6) is 0 Å². The first-order chi connectivity index (χ1) is 12.1. The Balaban J connectivity index is -0.00000108. The summed E-state index contributed by atoms with van der Waals surface area (Å²) in [5, 5.41) is 5.57. The van der Waals surface area contributed by atoms with Crippen LogP contribution in [0.3, 0.4) is 0 Å². The Bertz CT molecular complexity index is 471. The Morgan fingerprint density at radius 2 is 1.44 bits per heavy atom. The van der Waals surface area contributed by atoms with Gasteiger partial charge in [0.25, 0.3) is 0 Å². The molecule has 0 N–H and O–H groups in total. The third kappa shape index (κ3) is 12.4. The molecule has 1 aliphatic rings. The van der Waals surface area contributed by atoms with Gasteiger partial charge >= 0.3 is 0 Å². The summed E-state index contributed by atoms with van der Waals surface area (Å²) >= 11 is 0. The topological polar surface area (TPSA) is 51.5 Å². The molecule has 6 heteroatoms. The third-order valence-electron chi connectivity index (χ3n) is 4.02. The molecule has 27 heavy (non-hydrogen) atoms. The summed E-state index contributed by atoms with van der Waals surface area (Å²) in [5.74, 6) is 2.47. The van der Waals surface area contributed by atoms with E-state index in [1.54, 1.807) is 0 Å². The van der Waals surface area contributed by atoms with E-state index in [0.29, 0.717) is 10.3 Å². The van der Waals surface area contributed by atoms with Gasteiger partial charge in [-0.3, -0.25) is 13.6 Å². The second kappa shape index (κ2) is 15.2. The van der Waals surface area contributed by atoms with E-state index in [9.17, 15) is 0 Å². The van der Waals surface area contributed by atoms with Gasteiger partial charge in [0, 0.05) is 37.4 Å². The van der Waals surface area contributed by atoms with Crippen LogP contribution in [-0.4, -0.2) is 48.4 Å². The zero-order valence-corrected chi connectivity index (χ0v) is 20.4. The maximum atomic E-state index is 7.75. The first kappa shape index (κ1) is 31.0. The predicted octanol–water partition coefficient (Wildman–Crippen LogP) is 5.26. The van der Waals surface area contributed by atoms with Crippen molar-refractivity contribution in [3.63, 3.8) is 0 Å². The summed E-state index contributed by atoms with van der Waals surface area (Å²) in [4.78, 5) is 17.9. The molecule has 0 aromatic rings. The summed E-state index contributed by atoms with van der Waals surface area (Å²) in [6.07, 6.45) is 6.46. The zero-order chi connectivity index (χ0) is 21.0. The minimum Gasteiger partial charge on any atom is -0.658 e. The molecule has 0 atom stereocenters. The van der Waals surface area contributed by atoms with E-state index in [-0.39, 0.29) is 17.1 Å². The van der Waals surface area contributed by atoms with Crippen molar-refractivity contribution in [3.8, 4) is 0 Å². The molecule has 0 aromatic carbocycles. The first-order valence-electron chi connectivity index (χ1n) is 8.96. The molecule has 0 aromatic heterocycles. The SMILES string of the molecule is CCN(CC)CC1=CC=C/C(=C/[PH+](C(C)(C)C)C(C)(C)C)[N-]1.[CH-]=O.[CH-]=O.[Mn].